The van der Waals surface area contributed by atoms with Crippen LogP contribution >= 0.6 is 11.8 Å². The van der Waals surface area contributed by atoms with Crippen LogP contribution in [-0.4, -0.2) is 40.4 Å². The van der Waals surface area contributed by atoms with Gasteiger partial charge in [0.25, 0.3) is 0 Å². The molecule has 2 aromatic rings. The SMILES string of the molecule is Cn1c(SCC#Cc2ccccc2)nnc1[C@H]1CCS(=O)(=O)C1. The van der Waals surface area contributed by atoms with Crippen LogP contribution in [-0.2, 0) is 16.9 Å². The van der Waals surface area contributed by atoms with Gasteiger partial charge in [0, 0.05) is 18.5 Å². The van der Waals surface area contributed by atoms with Gasteiger partial charge in [-0.15, -0.1) is 10.2 Å². The van der Waals surface area contributed by atoms with Crippen molar-refractivity contribution in [3.8, 4) is 11.8 Å². The van der Waals surface area contributed by atoms with Crippen LogP contribution in [0.25, 0.3) is 0 Å². The molecule has 1 aliphatic heterocycles. The molecule has 7 heteroatoms. The molecule has 23 heavy (non-hydrogen) atoms. The first-order valence-electron chi connectivity index (χ1n) is 7.31. The van der Waals surface area contributed by atoms with E-state index in [0.717, 1.165) is 16.5 Å². The van der Waals surface area contributed by atoms with Gasteiger partial charge in [-0.3, -0.25) is 0 Å². The lowest BCUT2D eigenvalue weighted by Crippen LogP contribution is -2.09. The largest absolute Gasteiger partial charge is 0.309 e. The molecule has 1 fully saturated rings. The van der Waals surface area contributed by atoms with Gasteiger partial charge in [0.05, 0.1) is 17.3 Å². The number of aromatic nitrogens is 3. The highest BCUT2D eigenvalue weighted by molar-refractivity contribution is 7.99. The van der Waals surface area contributed by atoms with Gasteiger partial charge < -0.3 is 4.57 Å². The summed E-state index contributed by atoms with van der Waals surface area (Å²) >= 11 is 1.51. The molecule has 0 aliphatic carbocycles. The van der Waals surface area contributed by atoms with Gasteiger partial charge in [0.15, 0.2) is 15.0 Å². The quantitative estimate of drug-likeness (QED) is 0.626. The van der Waals surface area contributed by atoms with Crippen molar-refractivity contribution in [1.29, 1.82) is 0 Å². The molecule has 0 spiro atoms. The summed E-state index contributed by atoms with van der Waals surface area (Å²) in [6, 6.07) is 9.82. The molecule has 0 N–H and O–H groups in total. The summed E-state index contributed by atoms with van der Waals surface area (Å²) in [5.74, 6) is 7.96. The van der Waals surface area contributed by atoms with E-state index in [0.29, 0.717) is 12.2 Å². The maximum atomic E-state index is 11.6. The first-order valence-corrected chi connectivity index (χ1v) is 10.1. The Kier molecular flexibility index (Phi) is 4.74. The van der Waals surface area contributed by atoms with E-state index in [1.165, 1.54) is 11.8 Å². The van der Waals surface area contributed by atoms with Crippen molar-refractivity contribution in [1.82, 2.24) is 14.8 Å². The minimum Gasteiger partial charge on any atom is -0.309 e. The minimum atomic E-state index is -2.91. The molecule has 120 valence electrons. The zero-order valence-corrected chi connectivity index (χ0v) is 14.4. The number of sulfone groups is 1. The third-order valence-corrected chi connectivity index (χ3v) is 6.42. The number of benzene rings is 1. The lowest BCUT2D eigenvalue weighted by molar-refractivity contribution is 0.599. The number of hydrogen-bond acceptors (Lipinski definition) is 5. The topological polar surface area (TPSA) is 64.8 Å². The predicted octanol–water partition coefficient (Wildman–Crippen LogP) is 1.86. The Labute approximate surface area is 140 Å². The van der Waals surface area contributed by atoms with Gasteiger partial charge in [-0.05, 0) is 18.6 Å². The fraction of sp³-hybridized carbons (Fsp3) is 0.375. The predicted molar refractivity (Wildman–Crippen MR) is 91.1 cm³/mol. The van der Waals surface area contributed by atoms with Gasteiger partial charge in [-0.2, -0.15) is 0 Å². The second-order valence-corrected chi connectivity index (χ2v) is 8.63. The number of hydrogen-bond donors (Lipinski definition) is 0. The van der Waals surface area contributed by atoms with E-state index in [1.54, 1.807) is 0 Å². The molecule has 3 rings (SSSR count). The molecule has 2 heterocycles. The van der Waals surface area contributed by atoms with Gasteiger partial charge >= 0.3 is 0 Å². The van der Waals surface area contributed by atoms with Crippen LogP contribution in [0, 0.1) is 11.8 Å². The Bertz CT molecular complexity index is 848. The molecule has 0 amide bonds. The summed E-state index contributed by atoms with van der Waals surface area (Å²) in [6.07, 6.45) is 0.632. The van der Waals surface area contributed by atoms with Gasteiger partial charge in [-0.25, -0.2) is 8.42 Å². The molecule has 1 aromatic heterocycles. The Hall–Kier alpha value is -1.78. The average molecular weight is 347 g/mol. The molecule has 1 aliphatic rings. The van der Waals surface area contributed by atoms with Gasteiger partial charge in [0.1, 0.15) is 5.82 Å². The Morgan fingerprint density at radius 3 is 2.78 bits per heavy atom. The van der Waals surface area contributed by atoms with Crippen molar-refractivity contribution in [2.45, 2.75) is 17.5 Å². The summed E-state index contributed by atoms with van der Waals surface area (Å²) in [5.41, 5.74) is 0.989. The zero-order valence-electron chi connectivity index (χ0n) is 12.8. The maximum Gasteiger partial charge on any atom is 0.191 e. The summed E-state index contributed by atoms with van der Waals surface area (Å²) in [5, 5.41) is 9.12. The van der Waals surface area contributed by atoms with Gasteiger partial charge in [0.2, 0.25) is 0 Å². The third kappa shape index (κ3) is 3.95. The third-order valence-electron chi connectivity index (χ3n) is 3.75. The van der Waals surface area contributed by atoms with Gasteiger partial charge in [-0.1, -0.05) is 41.8 Å². The number of rotatable bonds is 3. The standard InChI is InChI=1S/C16H17N3O2S2/c1-19-15(14-9-11-23(20,21)12-14)17-18-16(19)22-10-5-8-13-6-3-2-4-7-13/h2-4,6-7,14H,9-12H2,1H3/t14-/m0/s1. The summed E-state index contributed by atoms with van der Waals surface area (Å²) in [6.45, 7) is 0. The molecule has 0 radical (unpaired) electrons. The smallest absolute Gasteiger partial charge is 0.191 e. The minimum absolute atomic E-state index is 0.0396. The van der Waals surface area contributed by atoms with E-state index in [4.69, 9.17) is 0 Å². The first kappa shape index (κ1) is 16.1. The van der Waals surface area contributed by atoms with Crippen LogP contribution in [0.5, 0.6) is 0 Å². The van der Waals surface area contributed by atoms with Crippen LogP contribution in [0.2, 0.25) is 0 Å². The zero-order chi connectivity index (χ0) is 16.3. The molecule has 5 nitrogen and oxygen atoms in total. The monoisotopic (exact) mass is 347 g/mol. The molecule has 1 atom stereocenters. The van der Waals surface area contributed by atoms with Crippen molar-refractivity contribution in [3.63, 3.8) is 0 Å². The number of nitrogens with zero attached hydrogens (tertiary/aromatic N) is 3. The van der Waals surface area contributed by atoms with Crippen molar-refractivity contribution >= 4 is 21.6 Å². The average Bonchev–Trinajstić information content (AvgIpc) is 3.07. The highest BCUT2D eigenvalue weighted by Crippen LogP contribution is 2.29. The highest BCUT2D eigenvalue weighted by atomic mass is 32.2. The normalized spacial score (nSPS) is 19.3. The van der Waals surface area contributed by atoms with E-state index < -0.39 is 9.84 Å². The van der Waals surface area contributed by atoms with E-state index in [1.807, 2.05) is 41.9 Å². The lowest BCUT2D eigenvalue weighted by atomic mass is 10.1. The summed E-state index contributed by atoms with van der Waals surface area (Å²) in [7, 11) is -1.03. The fourth-order valence-corrected chi connectivity index (χ4v) is 4.96. The second-order valence-electron chi connectivity index (χ2n) is 5.46. The molecule has 1 aromatic carbocycles. The van der Waals surface area contributed by atoms with E-state index in [2.05, 4.69) is 22.0 Å². The van der Waals surface area contributed by atoms with Crippen molar-refractivity contribution < 1.29 is 8.42 Å². The first-order chi connectivity index (χ1) is 11.1. The van der Waals surface area contributed by atoms with Crippen LogP contribution in [0.1, 0.15) is 23.7 Å². The summed E-state index contributed by atoms with van der Waals surface area (Å²) < 4.78 is 25.1. The highest BCUT2D eigenvalue weighted by Gasteiger charge is 2.32. The van der Waals surface area contributed by atoms with Crippen LogP contribution in [0.4, 0.5) is 0 Å². The molecule has 0 bridgehead atoms. The Morgan fingerprint density at radius 1 is 1.30 bits per heavy atom. The van der Waals surface area contributed by atoms with Crippen LogP contribution in [0.15, 0.2) is 35.5 Å². The van der Waals surface area contributed by atoms with Crippen molar-refractivity contribution in [2.75, 3.05) is 17.3 Å². The molecule has 0 saturated carbocycles. The molecular weight excluding hydrogens is 330 g/mol. The van der Waals surface area contributed by atoms with E-state index in [-0.39, 0.29) is 17.4 Å². The number of thioether (sulfide) groups is 1. The molecule has 1 saturated heterocycles. The molecule has 0 unspecified atom stereocenters. The fourth-order valence-electron chi connectivity index (χ4n) is 2.57. The lowest BCUT2D eigenvalue weighted by Gasteiger charge is -2.07. The second kappa shape index (κ2) is 6.77. The Balaban J connectivity index is 1.63. The maximum absolute atomic E-state index is 11.6. The van der Waals surface area contributed by atoms with Crippen LogP contribution in [0.3, 0.4) is 0 Å². The Morgan fingerprint density at radius 2 is 2.09 bits per heavy atom. The van der Waals surface area contributed by atoms with Crippen LogP contribution < -0.4 is 0 Å². The van der Waals surface area contributed by atoms with E-state index >= 15 is 0 Å². The summed E-state index contributed by atoms with van der Waals surface area (Å²) in [4.78, 5) is 0. The van der Waals surface area contributed by atoms with E-state index in [9.17, 15) is 8.42 Å². The molecular formula is C16H17N3O2S2. The van der Waals surface area contributed by atoms with Crippen molar-refractivity contribution in [3.05, 3.63) is 41.7 Å². The van der Waals surface area contributed by atoms with Crippen molar-refractivity contribution in [2.24, 2.45) is 7.05 Å².